The maximum absolute atomic E-state index is 11.9. The first-order valence-corrected chi connectivity index (χ1v) is 12.2. The molecule has 182 valence electrons. The molecule has 0 heterocycles. The smallest absolute Gasteiger partial charge is 0.326 e. The third-order valence-corrected chi connectivity index (χ3v) is 4.27. The van der Waals surface area contributed by atoms with Crippen molar-refractivity contribution in [2.24, 2.45) is 5.92 Å². The fourth-order valence-corrected chi connectivity index (χ4v) is 2.71. The molecule has 0 aromatic carbocycles. The monoisotopic (exact) mass is 445 g/mol. The van der Waals surface area contributed by atoms with Crippen LogP contribution in [-0.2, 0) is 9.59 Å². The molecule has 32 heavy (non-hydrogen) atoms. The zero-order valence-corrected chi connectivity index (χ0v) is 21.1. The number of aliphatic carboxylic acids is 1. The normalized spacial score (nSPS) is 12.9. The highest BCUT2D eigenvalue weighted by Crippen LogP contribution is 2.06. The topological polar surface area (TPSA) is 66.4 Å². The first-order valence-electron chi connectivity index (χ1n) is 12.2. The molecular weight excluding hydrogens is 398 g/mol. The second kappa shape index (κ2) is 24.9. The zero-order valence-electron chi connectivity index (χ0n) is 21.1. The molecule has 0 aromatic heterocycles. The van der Waals surface area contributed by atoms with Crippen molar-refractivity contribution in [2.75, 3.05) is 0 Å². The molecule has 2 N–H and O–H groups in total. The molecule has 0 bridgehead atoms. The van der Waals surface area contributed by atoms with E-state index in [2.05, 4.69) is 73.0 Å². The summed E-state index contributed by atoms with van der Waals surface area (Å²) in [6, 6.07) is -0.786. The van der Waals surface area contributed by atoms with Gasteiger partial charge < -0.3 is 10.4 Å². The van der Waals surface area contributed by atoms with Crippen LogP contribution in [0.15, 0.2) is 60.8 Å². The Kier molecular flexibility index (Phi) is 24.8. The van der Waals surface area contributed by atoms with Crippen LogP contribution in [0.4, 0.5) is 0 Å². The minimum atomic E-state index is -0.963. The molecule has 4 heteroatoms. The van der Waals surface area contributed by atoms with E-state index < -0.39 is 12.0 Å². The number of nitrogens with one attached hydrogen (secondary N) is 1. The van der Waals surface area contributed by atoms with E-state index in [4.69, 9.17) is 5.11 Å². The highest BCUT2D eigenvalue weighted by molar-refractivity contribution is 5.83. The number of carbonyl (C=O) groups excluding carboxylic acids is 1. The van der Waals surface area contributed by atoms with E-state index in [1.165, 1.54) is 0 Å². The van der Waals surface area contributed by atoms with E-state index in [1.54, 1.807) is 0 Å². The van der Waals surface area contributed by atoms with Gasteiger partial charge >= 0.3 is 5.97 Å². The second-order valence-corrected chi connectivity index (χ2v) is 7.69. The fraction of sp³-hybridized carbons (Fsp3) is 0.571. The maximum atomic E-state index is 11.9. The summed E-state index contributed by atoms with van der Waals surface area (Å²) in [6.45, 7) is 10.0. The summed E-state index contributed by atoms with van der Waals surface area (Å²) in [5.41, 5.74) is 0. The zero-order chi connectivity index (χ0) is 24.5. The van der Waals surface area contributed by atoms with Gasteiger partial charge in [-0.3, -0.25) is 4.79 Å². The van der Waals surface area contributed by atoms with Crippen LogP contribution in [0.3, 0.4) is 0 Å². The number of hydrogen-bond acceptors (Lipinski definition) is 2. The average molecular weight is 446 g/mol. The van der Waals surface area contributed by atoms with Crippen LogP contribution in [0, 0.1) is 5.92 Å². The van der Waals surface area contributed by atoms with Crippen molar-refractivity contribution < 1.29 is 14.7 Å². The summed E-state index contributed by atoms with van der Waals surface area (Å²) in [5, 5.41) is 11.8. The first-order chi connectivity index (χ1) is 15.5. The Morgan fingerprint density at radius 3 is 1.62 bits per heavy atom. The van der Waals surface area contributed by atoms with Crippen LogP contribution >= 0.6 is 0 Å². The molecule has 4 nitrogen and oxygen atoms in total. The van der Waals surface area contributed by atoms with Gasteiger partial charge in [0.05, 0.1) is 0 Å². The van der Waals surface area contributed by atoms with E-state index in [-0.39, 0.29) is 11.8 Å². The lowest BCUT2D eigenvalue weighted by molar-refractivity contribution is -0.142. The number of carbonyl (C=O) groups is 2. The molecule has 0 rings (SSSR count). The molecule has 1 amide bonds. The van der Waals surface area contributed by atoms with Gasteiger partial charge in [-0.05, 0) is 57.3 Å². The summed E-state index contributed by atoms with van der Waals surface area (Å²) in [4.78, 5) is 23.0. The average Bonchev–Trinajstić information content (AvgIpc) is 2.76. The molecule has 1 atom stereocenters. The van der Waals surface area contributed by atoms with Gasteiger partial charge in [-0.25, -0.2) is 4.79 Å². The number of rotatable bonds is 17. The van der Waals surface area contributed by atoms with Gasteiger partial charge in [0, 0.05) is 6.42 Å². The van der Waals surface area contributed by atoms with Gasteiger partial charge in [0.15, 0.2) is 0 Å². The van der Waals surface area contributed by atoms with Crippen molar-refractivity contribution in [2.45, 2.75) is 98.4 Å². The SMILES string of the molecule is CC.CC/C=C\C/C=C\C/C=C\C/C=C\C/C=C\CCCC(=O)NC(CC(C)C)C(=O)O. The third kappa shape index (κ3) is 23.9. The number of carboxylic acid groups (broad SMARTS) is 1. The van der Waals surface area contributed by atoms with Crippen LogP contribution < -0.4 is 5.32 Å². The van der Waals surface area contributed by atoms with Crippen LogP contribution in [0.5, 0.6) is 0 Å². The van der Waals surface area contributed by atoms with Crippen molar-refractivity contribution in [1.82, 2.24) is 5.32 Å². The lowest BCUT2D eigenvalue weighted by Crippen LogP contribution is -2.41. The lowest BCUT2D eigenvalue weighted by Gasteiger charge is -2.16. The first kappa shape index (κ1) is 31.8. The van der Waals surface area contributed by atoms with Crippen LogP contribution in [0.2, 0.25) is 0 Å². The largest absolute Gasteiger partial charge is 0.480 e. The Morgan fingerprint density at radius 2 is 1.22 bits per heavy atom. The van der Waals surface area contributed by atoms with Gasteiger partial charge in [-0.1, -0.05) is 95.4 Å². The van der Waals surface area contributed by atoms with E-state index in [9.17, 15) is 9.59 Å². The Morgan fingerprint density at radius 1 is 0.781 bits per heavy atom. The van der Waals surface area contributed by atoms with E-state index in [1.807, 2.05) is 27.7 Å². The van der Waals surface area contributed by atoms with Crippen molar-refractivity contribution in [3.05, 3.63) is 60.8 Å². The molecule has 0 aliphatic rings. The second-order valence-electron chi connectivity index (χ2n) is 7.69. The van der Waals surface area contributed by atoms with Gasteiger partial charge in [-0.15, -0.1) is 0 Å². The Bertz CT molecular complexity index is 598. The number of unbranched alkanes of at least 4 members (excludes halogenated alkanes) is 1. The standard InChI is InChI=1S/C26H41NO3.C2H6/c1-4-5-6-7-8-9-10-11-12-13-14-15-16-17-18-19-20-21-25(28)27-24(26(29)30)22-23(2)3;1-2/h5-6,8-9,11-12,14-15,17-18,23-24H,4,7,10,13,16,19-22H2,1-3H3,(H,27,28)(H,29,30);1-2H3/b6-5-,9-8-,12-11-,15-14-,18-17-;. The predicted octanol–water partition coefficient (Wildman–Crippen LogP) is 7.55. The van der Waals surface area contributed by atoms with E-state index in [0.717, 1.165) is 44.9 Å². The van der Waals surface area contributed by atoms with Gasteiger partial charge in [0.1, 0.15) is 6.04 Å². The maximum Gasteiger partial charge on any atom is 0.326 e. The molecule has 0 spiro atoms. The minimum absolute atomic E-state index is 0.185. The van der Waals surface area contributed by atoms with E-state index >= 15 is 0 Å². The summed E-state index contributed by atoms with van der Waals surface area (Å²) >= 11 is 0. The lowest BCUT2D eigenvalue weighted by atomic mass is 10.0. The number of hydrogen-bond donors (Lipinski definition) is 2. The Hall–Kier alpha value is -2.36. The molecule has 0 aliphatic heterocycles. The van der Waals surface area contributed by atoms with E-state index in [0.29, 0.717) is 12.8 Å². The van der Waals surface area contributed by atoms with Crippen molar-refractivity contribution in [1.29, 1.82) is 0 Å². The quantitative estimate of drug-likeness (QED) is 0.179. The summed E-state index contributed by atoms with van der Waals surface area (Å²) in [5.74, 6) is -0.919. The van der Waals surface area contributed by atoms with Crippen LogP contribution in [0.25, 0.3) is 0 Å². The molecule has 1 unspecified atom stereocenters. The molecular formula is C28H47NO3. The Labute approximate surface area is 197 Å². The summed E-state index contributed by atoms with van der Waals surface area (Å²) in [6.07, 6.45) is 28.9. The highest BCUT2D eigenvalue weighted by Gasteiger charge is 2.20. The van der Waals surface area contributed by atoms with Gasteiger partial charge in [0.2, 0.25) is 5.91 Å². The van der Waals surface area contributed by atoms with Crippen LogP contribution in [0.1, 0.15) is 92.4 Å². The number of allylic oxidation sites excluding steroid dienone is 10. The Balaban J connectivity index is 0. The van der Waals surface area contributed by atoms with Gasteiger partial charge in [-0.2, -0.15) is 0 Å². The minimum Gasteiger partial charge on any atom is -0.480 e. The number of amides is 1. The van der Waals surface area contributed by atoms with Crippen LogP contribution in [-0.4, -0.2) is 23.0 Å². The molecule has 0 saturated heterocycles. The fourth-order valence-electron chi connectivity index (χ4n) is 2.71. The highest BCUT2D eigenvalue weighted by atomic mass is 16.4. The van der Waals surface area contributed by atoms with Gasteiger partial charge in [0.25, 0.3) is 0 Å². The number of carboxylic acids is 1. The van der Waals surface area contributed by atoms with Crippen molar-refractivity contribution >= 4 is 11.9 Å². The summed E-state index contributed by atoms with van der Waals surface area (Å²) in [7, 11) is 0. The van der Waals surface area contributed by atoms with Crippen molar-refractivity contribution in [3.63, 3.8) is 0 Å². The summed E-state index contributed by atoms with van der Waals surface area (Å²) < 4.78 is 0. The molecule has 0 radical (unpaired) electrons. The van der Waals surface area contributed by atoms with Crippen molar-refractivity contribution in [3.8, 4) is 0 Å². The molecule has 0 aromatic rings. The molecule has 0 saturated carbocycles. The molecule has 0 fully saturated rings. The third-order valence-electron chi connectivity index (χ3n) is 4.27. The predicted molar refractivity (Wildman–Crippen MR) is 139 cm³/mol. The molecule has 0 aliphatic carbocycles.